The maximum atomic E-state index is 6.40. The van der Waals surface area contributed by atoms with Crippen LogP contribution in [-0.2, 0) is 5.54 Å². The van der Waals surface area contributed by atoms with Crippen LogP contribution in [0.4, 0.5) is 0 Å². The quantitative estimate of drug-likeness (QED) is 0.813. The molecule has 0 amide bonds. The zero-order valence-corrected chi connectivity index (χ0v) is 10.7. The Morgan fingerprint density at radius 3 is 2.35 bits per heavy atom. The van der Waals surface area contributed by atoms with Gasteiger partial charge < -0.3 is 11.1 Å². The summed E-state index contributed by atoms with van der Waals surface area (Å²) in [6.07, 6.45) is 0. The number of halogens is 1. The number of hydrogen-bond donors (Lipinski definition) is 2. The molecule has 3 N–H and O–H groups in total. The van der Waals surface area contributed by atoms with Crippen LogP contribution in [0.25, 0.3) is 10.8 Å². The molecule has 0 atom stereocenters. The van der Waals surface area contributed by atoms with Gasteiger partial charge in [0, 0.05) is 13.1 Å². The SMILES string of the molecule is Cc1cccc2cccc(C3(N)CNC3)c12.Cl. The molecular weight excluding hydrogens is 232 g/mol. The topological polar surface area (TPSA) is 38.0 Å². The summed E-state index contributed by atoms with van der Waals surface area (Å²) in [5, 5.41) is 5.87. The summed E-state index contributed by atoms with van der Waals surface area (Å²) in [5.74, 6) is 0. The maximum Gasteiger partial charge on any atom is 0.0668 e. The van der Waals surface area contributed by atoms with Crippen molar-refractivity contribution in [3.05, 3.63) is 47.5 Å². The Hall–Kier alpha value is -1.09. The van der Waals surface area contributed by atoms with Gasteiger partial charge >= 0.3 is 0 Å². The van der Waals surface area contributed by atoms with E-state index in [-0.39, 0.29) is 17.9 Å². The van der Waals surface area contributed by atoms with Gasteiger partial charge in [0.05, 0.1) is 5.54 Å². The fourth-order valence-electron chi connectivity index (χ4n) is 2.53. The molecule has 2 aromatic rings. The lowest BCUT2D eigenvalue weighted by Gasteiger charge is -2.40. The smallest absolute Gasteiger partial charge is 0.0668 e. The summed E-state index contributed by atoms with van der Waals surface area (Å²) in [5.41, 5.74) is 8.81. The van der Waals surface area contributed by atoms with E-state index >= 15 is 0 Å². The van der Waals surface area contributed by atoms with E-state index in [1.54, 1.807) is 0 Å². The van der Waals surface area contributed by atoms with Gasteiger partial charge in [-0.3, -0.25) is 0 Å². The molecule has 1 saturated heterocycles. The van der Waals surface area contributed by atoms with Crippen LogP contribution in [-0.4, -0.2) is 13.1 Å². The molecule has 0 bridgehead atoms. The monoisotopic (exact) mass is 248 g/mol. The van der Waals surface area contributed by atoms with Gasteiger partial charge in [0.15, 0.2) is 0 Å². The van der Waals surface area contributed by atoms with Crippen LogP contribution >= 0.6 is 12.4 Å². The zero-order valence-electron chi connectivity index (χ0n) is 9.86. The van der Waals surface area contributed by atoms with Gasteiger partial charge in [-0.2, -0.15) is 0 Å². The number of fused-ring (bicyclic) bond motifs is 1. The highest BCUT2D eigenvalue weighted by atomic mass is 35.5. The third-order valence-electron chi connectivity index (χ3n) is 3.53. The average Bonchev–Trinajstić information content (AvgIpc) is 2.26. The van der Waals surface area contributed by atoms with E-state index in [2.05, 4.69) is 48.6 Å². The normalized spacial score (nSPS) is 17.3. The fraction of sp³-hybridized carbons (Fsp3) is 0.286. The molecule has 1 aliphatic heterocycles. The zero-order chi connectivity index (χ0) is 11.2. The lowest BCUT2D eigenvalue weighted by atomic mass is 9.81. The van der Waals surface area contributed by atoms with E-state index in [4.69, 9.17) is 5.73 Å². The number of nitrogens with one attached hydrogen (secondary N) is 1. The summed E-state index contributed by atoms with van der Waals surface area (Å²) >= 11 is 0. The Labute approximate surface area is 108 Å². The maximum absolute atomic E-state index is 6.40. The number of rotatable bonds is 1. The molecule has 1 aliphatic rings. The first-order valence-electron chi connectivity index (χ1n) is 5.69. The number of nitrogens with two attached hydrogens (primary N) is 1. The third kappa shape index (κ3) is 1.82. The molecule has 3 rings (SSSR count). The summed E-state index contributed by atoms with van der Waals surface area (Å²) < 4.78 is 0. The number of hydrogen-bond acceptors (Lipinski definition) is 2. The minimum atomic E-state index is -0.175. The minimum absolute atomic E-state index is 0. The molecule has 0 saturated carbocycles. The molecule has 0 aliphatic carbocycles. The molecule has 2 nitrogen and oxygen atoms in total. The van der Waals surface area contributed by atoms with Crippen molar-refractivity contribution in [1.82, 2.24) is 5.32 Å². The first-order valence-corrected chi connectivity index (χ1v) is 5.69. The average molecular weight is 249 g/mol. The van der Waals surface area contributed by atoms with Crippen molar-refractivity contribution in [3.63, 3.8) is 0 Å². The van der Waals surface area contributed by atoms with Gasteiger partial charge in [-0.25, -0.2) is 0 Å². The lowest BCUT2D eigenvalue weighted by Crippen LogP contribution is -2.62. The summed E-state index contributed by atoms with van der Waals surface area (Å²) in [6, 6.07) is 12.8. The highest BCUT2D eigenvalue weighted by molar-refractivity contribution is 5.89. The molecule has 0 radical (unpaired) electrons. The van der Waals surface area contributed by atoms with Gasteiger partial charge in [0.2, 0.25) is 0 Å². The lowest BCUT2D eigenvalue weighted by molar-refractivity contribution is 0.289. The van der Waals surface area contributed by atoms with Crippen LogP contribution in [0.1, 0.15) is 11.1 Å². The first kappa shape index (κ1) is 12.4. The van der Waals surface area contributed by atoms with E-state index in [0.717, 1.165) is 13.1 Å². The summed E-state index contributed by atoms with van der Waals surface area (Å²) in [6.45, 7) is 3.90. The predicted octanol–water partition coefficient (Wildman–Crippen LogP) is 2.33. The van der Waals surface area contributed by atoms with E-state index in [9.17, 15) is 0 Å². The van der Waals surface area contributed by atoms with Crippen LogP contribution in [0.5, 0.6) is 0 Å². The summed E-state index contributed by atoms with van der Waals surface area (Å²) in [7, 11) is 0. The van der Waals surface area contributed by atoms with Crippen molar-refractivity contribution >= 4 is 23.2 Å². The molecule has 0 unspecified atom stereocenters. The van der Waals surface area contributed by atoms with Crippen molar-refractivity contribution in [2.24, 2.45) is 5.73 Å². The van der Waals surface area contributed by atoms with Crippen molar-refractivity contribution < 1.29 is 0 Å². The molecule has 3 heteroatoms. The van der Waals surface area contributed by atoms with Gasteiger partial charge in [-0.1, -0.05) is 36.4 Å². The Bertz CT molecular complexity index is 542. The van der Waals surface area contributed by atoms with Crippen molar-refractivity contribution in [2.45, 2.75) is 12.5 Å². The Morgan fingerprint density at radius 2 is 1.76 bits per heavy atom. The Morgan fingerprint density at radius 1 is 1.12 bits per heavy atom. The van der Waals surface area contributed by atoms with Gasteiger partial charge in [0.25, 0.3) is 0 Å². The van der Waals surface area contributed by atoms with Crippen molar-refractivity contribution in [1.29, 1.82) is 0 Å². The van der Waals surface area contributed by atoms with Gasteiger partial charge in [0.1, 0.15) is 0 Å². The first-order chi connectivity index (χ1) is 7.71. The highest BCUT2D eigenvalue weighted by Crippen LogP contribution is 2.31. The van der Waals surface area contributed by atoms with Crippen LogP contribution < -0.4 is 11.1 Å². The Kier molecular flexibility index (Phi) is 3.13. The molecule has 1 heterocycles. The second kappa shape index (κ2) is 4.30. The Balaban J connectivity index is 0.00000108. The van der Waals surface area contributed by atoms with Crippen LogP contribution in [0, 0.1) is 6.92 Å². The van der Waals surface area contributed by atoms with E-state index in [1.165, 1.54) is 21.9 Å². The minimum Gasteiger partial charge on any atom is -0.319 e. The standard InChI is InChI=1S/C14H16N2.ClH/c1-10-4-2-5-11-6-3-7-12(13(10)11)14(15)8-16-9-14;/h2-7,16H,8-9,15H2,1H3;1H. The third-order valence-corrected chi connectivity index (χ3v) is 3.53. The van der Waals surface area contributed by atoms with E-state index < -0.39 is 0 Å². The second-order valence-electron chi connectivity index (χ2n) is 4.74. The molecule has 2 aromatic carbocycles. The van der Waals surface area contributed by atoms with Crippen molar-refractivity contribution in [3.8, 4) is 0 Å². The van der Waals surface area contributed by atoms with Gasteiger partial charge in [-0.05, 0) is 28.8 Å². The van der Waals surface area contributed by atoms with E-state index in [0.29, 0.717) is 0 Å². The molecule has 90 valence electrons. The summed E-state index contributed by atoms with van der Waals surface area (Å²) in [4.78, 5) is 0. The molecule has 17 heavy (non-hydrogen) atoms. The van der Waals surface area contributed by atoms with E-state index in [1.807, 2.05) is 0 Å². The van der Waals surface area contributed by atoms with Crippen LogP contribution in [0.2, 0.25) is 0 Å². The number of aryl methyl sites for hydroxylation is 1. The second-order valence-corrected chi connectivity index (χ2v) is 4.74. The van der Waals surface area contributed by atoms with Crippen LogP contribution in [0.15, 0.2) is 36.4 Å². The molecular formula is C14H17ClN2. The largest absolute Gasteiger partial charge is 0.319 e. The number of benzene rings is 2. The fourth-order valence-corrected chi connectivity index (χ4v) is 2.53. The molecule has 0 aromatic heterocycles. The molecule has 1 fully saturated rings. The van der Waals surface area contributed by atoms with Gasteiger partial charge in [-0.15, -0.1) is 12.4 Å². The predicted molar refractivity (Wildman–Crippen MR) is 74.7 cm³/mol. The highest BCUT2D eigenvalue weighted by Gasteiger charge is 2.35. The van der Waals surface area contributed by atoms with Crippen LogP contribution in [0.3, 0.4) is 0 Å². The molecule has 0 spiro atoms. The van der Waals surface area contributed by atoms with Crippen molar-refractivity contribution in [2.75, 3.05) is 13.1 Å².